The Bertz CT molecular complexity index is 1870. The summed E-state index contributed by atoms with van der Waals surface area (Å²) in [6.07, 6.45) is 0. The van der Waals surface area contributed by atoms with E-state index in [4.69, 9.17) is 9.97 Å². The van der Waals surface area contributed by atoms with E-state index in [1.165, 1.54) is 16.7 Å². The topological polar surface area (TPSA) is 25.8 Å². The van der Waals surface area contributed by atoms with Gasteiger partial charge in [-0.25, -0.2) is 9.97 Å². The van der Waals surface area contributed by atoms with Crippen LogP contribution in [-0.4, -0.2) is 9.97 Å². The molecule has 0 aliphatic heterocycles. The third-order valence-electron chi connectivity index (χ3n) is 7.49. The predicted octanol–water partition coefficient (Wildman–Crippen LogP) is 10.5. The summed E-state index contributed by atoms with van der Waals surface area (Å²) in [7, 11) is 0. The molecule has 7 aromatic rings. The van der Waals surface area contributed by atoms with Crippen LogP contribution in [0.25, 0.3) is 67.3 Å². The van der Waals surface area contributed by atoms with E-state index in [9.17, 15) is 0 Å². The lowest BCUT2D eigenvalue weighted by Crippen LogP contribution is -1.96. The van der Waals surface area contributed by atoms with Gasteiger partial charge in [-0.1, -0.05) is 146 Å². The van der Waals surface area contributed by atoms with Crippen molar-refractivity contribution in [3.63, 3.8) is 0 Å². The fourth-order valence-electron chi connectivity index (χ4n) is 5.29. The van der Waals surface area contributed by atoms with E-state index in [1.807, 2.05) is 42.5 Å². The van der Waals surface area contributed by atoms with Crippen molar-refractivity contribution in [1.29, 1.82) is 0 Å². The van der Waals surface area contributed by atoms with E-state index in [1.54, 1.807) is 0 Å². The largest absolute Gasteiger partial charge is 0.228 e. The first-order valence-electron chi connectivity index (χ1n) is 14.2. The molecule has 6 aromatic carbocycles. The Morgan fingerprint density at radius 3 is 1.07 bits per heavy atom. The van der Waals surface area contributed by atoms with Gasteiger partial charge in [0.25, 0.3) is 0 Å². The maximum atomic E-state index is 5.11. The molecule has 1 aromatic heterocycles. The normalized spacial score (nSPS) is 10.9. The van der Waals surface area contributed by atoms with Gasteiger partial charge in [-0.15, -0.1) is 0 Å². The minimum Gasteiger partial charge on any atom is -0.228 e. The van der Waals surface area contributed by atoms with E-state index < -0.39 is 0 Å². The first kappa shape index (κ1) is 25.4. The Morgan fingerprint density at radius 2 is 0.571 bits per heavy atom. The predicted molar refractivity (Wildman–Crippen MR) is 175 cm³/mol. The van der Waals surface area contributed by atoms with Crippen LogP contribution in [0.4, 0.5) is 0 Å². The molecule has 1 heterocycles. The molecule has 0 bridgehead atoms. The molecule has 2 nitrogen and oxygen atoms in total. The lowest BCUT2D eigenvalue weighted by atomic mass is 9.93. The summed E-state index contributed by atoms with van der Waals surface area (Å²) >= 11 is 0. The number of hydrogen-bond acceptors (Lipinski definition) is 2. The average Bonchev–Trinajstić information content (AvgIpc) is 3.09. The lowest BCUT2D eigenvalue weighted by Gasteiger charge is -2.13. The van der Waals surface area contributed by atoms with Gasteiger partial charge < -0.3 is 0 Å². The Kier molecular flexibility index (Phi) is 6.94. The molecule has 0 aliphatic carbocycles. The van der Waals surface area contributed by atoms with Crippen molar-refractivity contribution in [2.24, 2.45) is 0 Å². The van der Waals surface area contributed by atoms with Crippen molar-refractivity contribution in [2.75, 3.05) is 0 Å². The molecule has 0 saturated heterocycles. The fraction of sp³-hybridized carbons (Fsp3) is 0. The van der Waals surface area contributed by atoms with Crippen molar-refractivity contribution >= 4 is 0 Å². The van der Waals surface area contributed by atoms with E-state index in [0.29, 0.717) is 5.82 Å². The summed E-state index contributed by atoms with van der Waals surface area (Å²) in [5.74, 6) is 0.714. The van der Waals surface area contributed by atoms with E-state index in [0.717, 1.165) is 44.8 Å². The van der Waals surface area contributed by atoms with Gasteiger partial charge >= 0.3 is 0 Å². The molecule has 198 valence electrons. The smallest absolute Gasteiger partial charge is 0.160 e. The Morgan fingerprint density at radius 1 is 0.238 bits per heavy atom. The highest BCUT2D eigenvalue weighted by atomic mass is 14.9. The highest BCUT2D eigenvalue weighted by Gasteiger charge is 2.13. The number of benzene rings is 6. The second-order valence-electron chi connectivity index (χ2n) is 10.3. The van der Waals surface area contributed by atoms with Gasteiger partial charge in [0.05, 0.1) is 11.4 Å². The molecule has 0 N–H and O–H groups in total. The number of aromatic nitrogens is 2. The summed E-state index contributed by atoms with van der Waals surface area (Å²) in [6.45, 7) is 0. The zero-order chi connectivity index (χ0) is 28.1. The maximum Gasteiger partial charge on any atom is 0.160 e. The van der Waals surface area contributed by atoms with Crippen molar-refractivity contribution < 1.29 is 0 Å². The first-order chi connectivity index (χ1) is 20.8. The van der Waals surface area contributed by atoms with Crippen LogP contribution in [0.2, 0.25) is 0 Å². The molecule has 0 amide bonds. The van der Waals surface area contributed by atoms with Crippen molar-refractivity contribution in [1.82, 2.24) is 9.97 Å². The van der Waals surface area contributed by atoms with Gasteiger partial charge in [-0.2, -0.15) is 0 Å². The van der Waals surface area contributed by atoms with Gasteiger partial charge in [0.1, 0.15) is 0 Å². The average molecular weight is 537 g/mol. The minimum atomic E-state index is 0.714. The van der Waals surface area contributed by atoms with Crippen molar-refractivity contribution in [2.45, 2.75) is 0 Å². The highest BCUT2D eigenvalue weighted by Crippen LogP contribution is 2.35. The van der Waals surface area contributed by atoms with Crippen molar-refractivity contribution in [3.05, 3.63) is 170 Å². The van der Waals surface area contributed by atoms with Gasteiger partial charge in [0.2, 0.25) is 0 Å². The van der Waals surface area contributed by atoms with Gasteiger partial charge in [-0.05, 0) is 57.6 Å². The zero-order valence-electron chi connectivity index (χ0n) is 23.1. The molecule has 0 atom stereocenters. The summed E-state index contributed by atoms with van der Waals surface area (Å²) in [5, 5.41) is 0. The Hall–Kier alpha value is -5.60. The first-order valence-corrected chi connectivity index (χ1v) is 14.2. The SMILES string of the molecule is c1ccc(-c2ccc(-c3cc(-c4ccccc4)cc(-c4cc(-c5ccccc5)nc(-c5ccccc5)n4)c3)cc2)cc1. The summed E-state index contributed by atoms with van der Waals surface area (Å²) < 4.78 is 0. The fourth-order valence-corrected chi connectivity index (χ4v) is 5.29. The van der Waals surface area contributed by atoms with Crippen LogP contribution < -0.4 is 0 Å². The van der Waals surface area contributed by atoms with Crippen LogP contribution in [-0.2, 0) is 0 Å². The molecule has 42 heavy (non-hydrogen) atoms. The summed E-state index contributed by atoms with van der Waals surface area (Å²) in [4.78, 5) is 10.1. The van der Waals surface area contributed by atoms with Crippen molar-refractivity contribution in [3.8, 4) is 67.3 Å². The second kappa shape index (κ2) is 11.5. The highest BCUT2D eigenvalue weighted by molar-refractivity contribution is 5.82. The number of hydrogen-bond donors (Lipinski definition) is 0. The van der Waals surface area contributed by atoms with E-state index in [-0.39, 0.29) is 0 Å². The molecule has 0 spiro atoms. The Balaban J connectivity index is 1.39. The van der Waals surface area contributed by atoms with Crippen LogP contribution in [0.3, 0.4) is 0 Å². The van der Waals surface area contributed by atoms with Crippen LogP contribution in [0.15, 0.2) is 170 Å². The quantitative estimate of drug-likeness (QED) is 0.211. The monoisotopic (exact) mass is 536 g/mol. The molecule has 0 radical (unpaired) electrons. The Labute approximate surface area is 246 Å². The van der Waals surface area contributed by atoms with Crippen LogP contribution in [0.5, 0.6) is 0 Å². The molecular weight excluding hydrogens is 508 g/mol. The minimum absolute atomic E-state index is 0.714. The van der Waals surface area contributed by atoms with Gasteiger partial charge in [-0.3, -0.25) is 0 Å². The maximum absolute atomic E-state index is 5.11. The van der Waals surface area contributed by atoms with Crippen LogP contribution >= 0.6 is 0 Å². The number of nitrogens with zero attached hydrogens (tertiary/aromatic N) is 2. The second-order valence-corrected chi connectivity index (χ2v) is 10.3. The molecule has 7 rings (SSSR count). The van der Waals surface area contributed by atoms with Crippen LogP contribution in [0.1, 0.15) is 0 Å². The molecular formula is C40H28N2. The molecule has 0 unspecified atom stereocenters. The molecule has 0 saturated carbocycles. The summed E-state index contributed by atoms with van der Waals surface area (Å²) in [5.41, 5.74) is 11.9. The standard InChI is InChI=1S/C40H28N2/c1-5-13-29(14-6-1)31-21-23-32(24-22-31)36-25-35(30-15-7-2-8-16-30)26-37(27-36)39-28-38(33-17-9-3-10-18-33)41-40(42-39)34-19-11-4-12-20-34/h1-28H. The lowest BCUT2D eigenvalue weighted by molar-refractivity contribution is 1.18. The molecule has 2 heteroatoms. The zero-order valence-corrected chi connectivity index (χ0v) is 23.1. The van der Waals surface area contributed by atoms with Gasteiger partial charge in [0, 0.05) is 16.7 Å². The van der Waals surface area contributed by atoms with E-state index in [2.05, 4.69) is 127 Å². The van der Waals surface area contributed by atoms with Crippen LogP contribution in [0, 0.1) is 0 Å². The summed E-state index contributed by atoms with van der Waals surface area (Å²) in [6, 6.07) is 59.2. The van der Waals surface area contributed by atoms with Gasteiger partial charge in [0.15, 0.2) is 5.82 Å². The third kappa shape index (κ3) is 5.39. The van der Waals surface area contributed by atoms with E-state index >= 15 is 0 Å². The molecule has 0 fully saturated rings. The third-order valence-corrected chi connectivity index (χ3v) is 7.49. The molecule has 0 aliphatic rings. The number of rotatable bonds is 6.